The molecule has 0 fully saturated rings. The molecule has 18 heavy (non-hydrogen) atoms. The van der Waals surface area contributed by atoms with E-state index in [-0.39, 0.29) is 0 Å². The minimum atomic E-state index is -4.29. The molecule has 0 saturated heterocycles. The van der Waals surface area contributed by atoms with Crippen LogP contribution in [0, 0.1) is 0 Å². The highest BCUT2D eigenvalue weighted by Gasteiger charge is 2.30. The SMILES string of the molecule is C=Cc1sccc1Cc1cccc(C(F)(F)F)c1. The normalized spacial score (nSPS) is 11.5. The molecule has 0 aliphatic carbocycles. The topological polar surface area (TPSA) is 0 Å². The third-order valence-electron chi connectivity index (χ3n) is 2.62. The minimum absolute atomic E-state index is 0.495. The van der Waals surface area contributed by atoms with Crippen LogP contribution in [-0.4, -0.2) is 0 Å². The summed E-state index contributed by atoms with van der Waals surface area (Å²) in [6.07, 6.45) is -2.06. The van der Waals surface area contributed by atoms with Crippen molar-refractivity contribution in [3.8, 4) is 0 Å². The molecule has 0 spiro atoms. The Morgan fingerprint density at radius 3 is 2.67 bits per heavy atom. The van der Waals surface area contributed by atoms with E-state index in [0.717, 1.165) is 16.5 Å². The quantitative estimate of drug-likeness (QED) is 0.734. The van der Waals surface area contributed by atoms with E-state index in [0.29, 0.717) is 12.0 Å². The maximum absolute atomic E-state index is 12.6. The van der Waals surface area contributed by atoms with Gasteiger partial charge in [0.05, 0.1) is 5.56 Å². The van der Waals surface area contributed by atoms with Gasteiger partial charge in [-0.2, -0.15) is 13.2 Å². The van der Waals surface area contributed by atoms with Gasteiger partial charge in [-0.3, -0.25) is 0 Å². The van der Waals surface area contributed by atoms with Crippen LogP contribution in [0.2, 0.25) is 0 Å². The monoisotopic (exact) mass is 268 g/mol. The van der Waals surface area contributed by atoms with Crippen molar-refractivity contribution in [1.29, 1.82) is 0 Å². The minimum Gasteiger partial charge on any atom is -0.166 e. The summed E-state index contributed by atoms with van der Waals surface area (Å²) in [6.45, 7) is 3.69. The van der Waals surface area contributed by atoms with Gasteiger partial charge in [-0.05, 0) is 35.1 Å². The van der Waals surface area contributed by atoms with Crippen molar-refractivity contribution in [2.75, 3.05) is 0 Å². The van der Waals surface area contributed by atoms with Crippen molar-refractivity contribution in [3.63, 3.8) is 0 Å². The van der Waals surface area contributed by atoms with E-state index in [4.69, 9.17) is 0 Å². The average molecular weight is 268 g/mol. The van der Waals surface area contributed by atoms with Crippen LogP contribution in [0.4, 0.5) is 13.2 Å². The first kappa shape index (κ1) is 12.9. The van der Waals surface area contributed by atoms with E-state index in [1.165, 1.54) is 23.5 Å². The van der Waals surface area contributed by atoms with Crippen molar-refractivity contribution in [3.05, 3.63) is 63.9 Å². The predicted molar refractivity (Wildman–Crippen MR) is 68.7 cm³/mol. The molecule has 1 heterocycles. The van der Waals surface area contributed by atoms with Crippen LogP contribution in [0.1, 0.15) is 21.6 Å². The third kappa shape index (κ3) is 2.82. The molecule has 0 atom stereocenters. The van der Waals surface area contributed by atoms with E-state index in [9.17, 15) is 13.2 Å². The molecule has 0 radical (unpaired) electrons. The smallest absolute Gasteiger partial charge is 0.166 e. The second kappa shape index (κ2) is 4.98. The lowest BCUT2D eigenvalue weighted by Crippen LogP contribution is -2.05. The molecule has 0 amide bonds. The van der Waals surface area contributed by atoms with Gasteiger partial charge < -0.3 is 0 Å². The molecule has 1 aromatic carbocycles. The van der Waals surface area contributed by atoms with Gasteiger partial charge in [-0.25, -0.2) is 0 Å². The summed E-state index contributed by atoms with van der Waals surface area (Å²) in [7, 11) is 0. The van der Waals surface area contributed by atoms with Gasteiger partial charge in [0.1, 0.15) is 0 Å². The highest BCUT2D eigenvalue weighted by Crippen LogP contribution is 2.30. The number of thiophene rings is 1. The lowest BCUT2D eigenvalue weighted by atomic mass is 10.0. The van der Waals surface area contributed by atoms with E-state index in [1.54, 1.807) is 12.1 Å². The van der Waals surface area contributed by atoms with E-state index >= 15 is 0 Å². The molecule has 0 nitrogen and oxygen atoms in total. The number of alkyl halides is 3. The molecule has 1 aromatic heterocycles. The fraction of sp³-hybridized carbons (Fsp3) is 0.143. The average Bonchev–Trinajstić information content (AvgIpc) is 2.75. The van der Waals surface area contributed by atoms with Crippen LogP contribution in [0.25, 0.3) is 6.08 Å². The van der Waals surface area contributed by atoms with E-state index < -0.39 is 11.7 Å². The van der Waals surface area contributed by atoms with Gasteiger partial charge >= 0.3 is 6.18 Å². The van der Waals surface area contributed by atoms with Crippen LogP contribution in [0.15, 0.2) is 42.3 Å². The first-order valence-corrected chi connectivity index (χ1v) is 6.23. The highest BCUT2D eigenvalue weighted by atomic mass is 32.1. The van der Waals surface area contributed by atoms with E-state index in [2.05, 4.69) is 6.58 Å². The van der Waals surface area contributed by atoms with Crippen molar-refractivity contribution in [2.24, 2.45) is 0 Å². The molecular formula is C14H11F3S. The molecule has 2 aromatic rings. The summed E-state index contributed by atoms with van der Waals surface area (Å²) < 4.78 is 37.7. The Bertz CT molecular complexity index is 552. The van der Waals surface area contributed by atoms with Crippen LogP contribution >= 0.6 is 11.3 Å². The Labute approximate surface area is 107 Å². The Morgan fingerprint density at radius 2 is 2.00 bits per heavy atom. The summed E-state index contributed by atoms with van der Waals surface area (Å²) in [5.74, 6) is 0. The Morgan fingerprint density at radius 1 is 1.22 bits per heavy atom. The maximum atomic E-state index is 12.6. The fourth-order valence-corrected chi connectivity index (χ4v) is 2.52. The molecule has 94 valence electrons. The summed E-state index contributed by atoms with van der Waals surface area (Å²) >= 11 is 1.54. The highest BCUT2D eigenvalue weighted by molar-refractivity contribution is 7.11. The van der Waals surface area contributed by atoms with Gasteiger partial charge in [0.2, 0.25) is 0 Å². The summed E-state index contributed by atoms with van der Waals surface area (Å²) in [4.78, 5) is 1.01. The molecule has 0 N–H and O–H groups in total. The van der Waals surface area contributed by atoms with Crippen LogP contribution in [0.5, 0.6) is 0 Å². The third-order valence-corrected chi connectivity index (χ3v) is 3.57. The number of hydrogen-bond acceptors (Lipinski definition) is 1. The number of benzene rings is 1. The largest absolute Gasteiger partial charge is 0.416 e. The zero-order valence-electron chi connectivity index (χ0n) is 9.50. The fourth-order valence-electron chi connectivity index (χ4n) is 1.75. The molecular weight excluding hydrogens is 257 g/mol. The van der Waals surface area contributed by atoms with Crippen molar-refractivity contribution in [2.45, 2.75) is 12.6 Å². The first-order chi connectivity index (χ1) is 8.50. The van der Waals surface area contributed by atoms with Crippen LogP contribution < -0.4 is 0 Å². The van der Waals surface area contributed by atoms with Crippen molar-refractivity contribution < 1.29 is 13.2 Å². The van der Waals surface area contributed by atoms with Gasteiger partial charge in [-0.1, -0.05) is 30.9 Å². The Kier molecular flexibility index (Phi) is 3.57. The zero-order chi connectivity index (χ0) is 13.2. The molecule has 4 heteroatoms. The number of halogens is 3. The van der Waals surface area contributed by atoms with Crippen molar-refractivity contribution >= 4 is 17.4 Å². The zero-order valence-corrected chi connectivity index (χ0v) is 10.3. The van der Waals surface area contributed by atoms with Gasteiger partial charge in [0.25, 0.3) is 0 Å². The number of hydrogen-bond donors (Lipinski definition) is 0. The summed E-state index contributed by atoms with van der Waals surface area (Å²) in [5.41, 5.74) is 1.07. The van der Waals surface area contributed by atoms with Gasteiger partial charge in [-0.15, -0.1) is 11.3 Å². The molecule has 0 aliphatic rings. The molecule has 0 saturated carbocycles. The summed E-state index contributed by atoms with van der Waals surface area (Å²) in [5, 5.41) is 1.92. The second-order valence-corrected chi connectivity index (χ2v) is 4.84. The Balaban J connectivity index is 2.28. The molecule has 0 bridgehead atoms. The van der Waals surface area contributed by atoms with Crippen molar-refractivity contribution in [1.82, 2.24) is 0 Å². The van der Waals surface area contributed by atoms with E-state index in [1.807, 2.05) is 11.4 Å². The first-order valence-electron chi connectivity index (χ1n) is 5.35. The molecule has 2 rings (SSSR count). The number of rotatable bonds is 3. The lowest BCUT2D eigenvalue weighted by Gasteiger charge is -2.08. The molecule has 0 unspecified atom stereocenters. The maximum Gasteiger partial charge on any atom is 0.416 e. The van der Waals surface area contributed by atoms with Gasteiger partial charge in [0.15, 0.2) is 0 Å². The Hall–Kier alpha value is -1.55. The van der Waals surface area contributed by atoms with Gasteiger partial charge in [0, 0.05) is 4.88 Å². The lowest BCUT2D eigenvalue weighted by molar-refractivity contribution is -0.137. The van der Waals surface area contributed by atoms with Crippen LogP contribution in [-0.2, 0) is 12.6 Å². The molecule has 0 aliphatic heterocycles. The summed E-state index contributed by atoms with van der Waals surface area (Å²) in [6, 6.07) is 7.36. The predicted octanol–water partition coefficient (Wildman–Crippen LogP) is 5.00. The van der Waals surface area contributed by atoms with Crippen LogP contribution in [0.3, 0.4) is 0 Å². The standard InChI is InChI=1S/C14H11F3S/c1-2-13-11(6-7-18-13)8-10-4-3-5-12(9-10)14(15,16)17/h2-7,9H,1,8H2. The second-order valence-electron chi connectivity index (χ2n) is 3.89.